The summed E-state index contributed by atoms with van der Waals surface area (Å²) in [7, 11) is -1.21. The molecular weight excluding hydrogens is 226 g/mol. The summed E-state index contributed by atoms with van der Waals surface area (Å²) >= 11 is 0. The molecule has 0 aromatic heterocycles. The zero-order chi connectivity index (χ0) is 11.8. The van der Waals surface area contributed by atoms with Crippen molar-refractivity contribution in [2.24, 2.45) is 5.92 Å². The van der Waals surface area contributed by atoms with E-state index in [0.29, 0.717) is 19.0 Å². The van der Waals surface area contributed by atoms with Gasteiger partial charge in [-0.1, -0.05) is 6.92 Å². The van der Waals surface area contributed by atoms with Crippen molar-refractivity contribution in [1.29, 1.82) is 0 Å². The van der Waals surface area contributed by atoms with Crippen LogP contribution in [0.2, 0.25) is 0 Å². The van der Waals surface area contributed by atoms with Gasteiger partial charge >= 0.3 is 0 Å². The van der Waals surface area contributed by atoms with E-state index in [9.17, 15) is 8.42 Å². The molecule has 0 amide bonds. The van der Waals surface area contributed by atoms with Crippen LogP contribution in [-0.4, -0.2) is 56.9 Å². The van der Waals surface area contributed by atoms with Gasteiger partial charge in [0.05, 0.1) is 0 Å². The molecule has 2 heterocycles. The van der Waals surface area contributed by atoms with Crippen LogP contribution in [0.3, 0.4) is 0 Å². The highest BCUT2D eigenvalue weighted by atomic mass is 32.2. The van der Waals surface area contributed by atoms with Gasteiger partial charge in [0, 0.05) is 32.2 Å². The van der Waals surface area contributed by atoms with Crippen LogP contribution in [0.5, 0.6) is 0 Å². The number of hydrogen-bond donors (Lipinski definition) is 1. The first-order chi connectivity index (χ1) is 7.49. The molecule has 2 fully saturated rings. The van der Waals surface area contributed by atoms with Gasteiger partial charge in [-0.3, -0.25) is 0 Å². The Labute approximate surface area is 98.0 Å². The second-order valence-electron chi connectivity index (χ2n) is 5.03. The summed E-state index contributed by atoms with van der Waals surface area (Å²) in [5.41, 5.74) is 0. The van der Waals surface area contributed by atoms with Gasteiger partial charge < -0.3 is 4.90 Å². The van der Waals surface area contributed by atoms with E-state index in [1.165, 1.54) is 0 Å². The van der Waals surface area contributed by atoms with Crippen LogP contribution in [-0.2, 0) is 10.2 Å². The Morgan fingerprint density at radius 3 is 2.31 bits per heavy atom. The molecule has 6 heteroatoms. The lowest BCUT2D eigenvalue weighted by Crippen LogP contribution is -2.46. The second kappa shape index (κ2) is 4.60. The Bertz CT molecular complexity index is 338. The average Bonchev–Trinajstić information content (AvgIpc) is 2.76. The number of likely N-dealkylation sites (tertiary alicyclic amines) is 1. The third-order valence-corrected chi connectivity index (χ3v) is 5.15. The Morgan fingerprint density at radius 2 is 1.81 bits per heavy atom. The molecule has 16 heavy (non-hydrogen) atoms. The minimum absolute atomic E-state index is 0.0654. The topological polar surface area (TPSA) is 52.7 Å². The lowest BCUT2D eigenvalue weighted by Gasteiger charge is -2.21. The molecule has 2 rings (SSSR count). The number of nitrogens with one attached hydrogen (secondary N) is 1. The van der Waals surface area contributed by atoms with Gasteiger partial charge in [-0.2, -0.15) is 17.4 Å². The molecular formula is C10H21N3O2S. The molecule has 0 unspecified atom stereocenters. The zero-order valence-electron chi connectivity index (χ0n) is 10.0. The second-order valence-corrected chi connectivity index (χ2v) is 6.74. The first kappa shape index (κ1) is 12.3. The van der Waals surface area contributed by atoms with Gasteiger partial charge in [-0.25, -0.2) is 0 Å². The van der Waals surface area contributed by atoms with Crippen LogP contribution in [0.25, 0.3) is 0 Å². The van der Waals surface area contributed by atoms with E-state index in [1.54, 1.807) is 4.31 Å². The predicted molar refractivity (Wildman–Crippen MR) is 63.3 cm³/mol. The Kier molecular flexibility index (Phi) is 3.53. The Morgan fingerprint density at radius 1 is 1.19 bits per heavy atom. The summed E-state index contributed by atoms with van der Waals surface area (Å²) in [6, 6.07) is 0.0654. The zero-order valence-corrected chi connectivity index (χ0v) is 10.8. The van der Waals surface area contributed by atoms with E-state index in [-0.39, 0.29) is 6.04 Å². The first-order valence-corrected chi connectivity index (χ1v) is 7.39. The van der Waals surface area contributed by atoms with E-state index in [4.69, 9.17) is 0 Å². The monoisotopic (exact) mass is 247 g/mol. The van der Waals surface area contributed by atoms with Crippen LogP contribution in [0.4, 0.5) is 0 Å². The third kappa shape index (κ3) is 2.56. The standard InChI is InChI=1S/C10H21N3O2S/c1-9-7-12(2)8-10(9)11-16(14,15)13-5-3-4-6-13/h9-11H,3-8H2,1-2H3/t9-,10-/m1/s1. The highest BCUT2D eigenvalue weighted by molar-refractivity contribution is 7.87. The van der Waals surface area contributed by atoms with Crippen molar-refractivity contribution < 1.29 is 8.42 Å². The average molecular weight is 247 g/mol. The number of rotatable bonds is 3. The molecule has 0 bridgehead atoms. The largest absolute Gasteiger partial charge is 0.304 e. The highest BCUT2D eigenvalue weighted by Gasteiger charge is 2.33. The molecule has 94 valence electrons. The highest BCUT2D eigenvalue weighted by Crippen LogP contribution is 2.18. The summed E-state index contributed by atoms with van der Waals surface area (Å²) in [5.74, 6) is 0.391. The van der Waals surface area contributed by atoms with E-state index >= 15 is 0 Å². The molecule has 2 aliphatic rings. The van der Waals surface area contributed by atoms with Gasteiger partial charge in [-0.15, -0.1) is 0 Å². The molecule has 0 saturated carbocycles. The van der Waals surface area contributed by atoms with Gasteiger partial charge in [0.2, 0.25) is 0 Å². The molecule has 2 aliphatic heterocycles. The Balaban J connectivity index is 1.98. The molecule has 5 nitrogen and oxygen atoms in total. The van der Waals surface area contributed by atoms with Crippen molar-refractivity contribution in [2.75, 3.05) is 33.2 Å². The maximum absolute atomic E-state index is 12.0. The van der Waals surface area contributed by atoms with Crippen molar-refractivity contribution in [3.05, 3.63) is 0 Å². The fourth-order valence-corrected chi connectivity index (χ4v) is 4.13. The van der Waals surface area contributed by atoms with Crippen molar-refractivity contribution in [1.82, 2.24) is 13.9 Å². The smallest absolute Gasteiger partial charge is 0.279 e. The van der Waals surface area contributed by atoms with Crippen molar-refractivity contribution in [3.8, 4) is 0 Å². The molecule has 0 spiro atoms. The normalized spacial score (nSPS) is 33.6. The fraction of sp³-hybridized carbons (Fsp3) is 1.00. The number of hydrogen-bond acceptors (Lipinski definition) is 3. The SMILES string of the molecule is C[C@@H]1CN(C)C[C@H]1NS(=O)(=O)N1CCCC1. The minimum Gasteiger partial charge on any atom is -0.304 e. The van der Waals surface area contributed by atoms with Gasteiger partial charge in [0.15, 0.2) is 0 Å². The molecule has 1 N–H and O–H groups in total. The minimum atomic E-state index is -3.24. The third-order valence-electron chi connectivity index (χ3n) is 3.50. The molecule has 2 atom stereocenters. The van der Waals surface area contributed by atoms with Crippen LogP contribution < -0.4 is 4.72 Å². The number of nitrogens with zero attached hydrogens (tertiary/aromatic N) is 2. The molecule has 0 aromatic carbocycles. The maximum Gasteiger partial charge on any atom is 0.279 e. The van der Waals surface area contributed by atoms with Crippen molar-refractivity contribution in [2.45, 2.75) is 25.8 Å². The van der Waals surface area contributed by atoms with Crippen LogP contribution in [0.1, 0.15) is 19.8 Å². The summed E-state index contributed by atoms with van der Waals surface area (Å²) < 4.78 is 28.5. The van der Waals surface area contributed by atoms with Crippen LogP contribution >= 0.6 is 0 Å². The van der Waals surface area contributed by atoms with E-state index in [2.05, 4.69) is 16.5 Å². The maximum atomic E-state index is 12.0. The van der Waals surface area contributed by atoms with Gasteiger partial charge in [0.25, 0.3) is 10.2 Å². The summed E-state index contributed by atoms with van der Waals surface area (Å²) in [4.78, 5) is 2.17. The molecule has 2 saturated heterocycles. The fourth-order valence-electron chi connectivity index (χ4n) is 2.56. The van der Waals surface area contributed by atoms with Crippen LogP contribution in [0, 0.1) is 5.92 Å². The van der Waals surface area contributed by atoms with Crippen LogP contribution in [0.15, 0.2) is 0 Å². The summed E-state index contributed by atoms with van der Waals surface area (Å²) in [6.07, 6.45) is 1.97. The van der Waals surface area contributed by atoms with Crippen molar-refractivity contribution >= 4 is 10.2 Å². The quantitative estimate of drug-likeness (QED) is 0.755. The Hall–Kier alpha value is -0.170. The lowest BCUT2D eigenvalue weighted by molar-refractivity contribution is 0.398. The van der Waals surface area contributed by atoms with E-state index in [0.717, 1.165) is 25.9 Å². The van der Waals surface area contributed by atoms with E-state index in [1.807, 2.05) is 7.05 Å². The number of likely N-dealkylation sites (N-methyl/N-ethyl adjacent to an activating group) is 1. The predicted octanol–water partition coefficient (Wildman–Crippen LogP) is -0.133. The van der Waals surface area contributed by atoms with Gasteiger partial charge in [-0.05, 0) is 25.8 Å². The molecule has 0 aliphatic carbocycles. The summed E-state index contributed by atoms with van der Waals surface area (Å²) in [6.45, 7) is 5.22. The lowest BCUT2D eigenvalue weighted by atomic mass is 10.1. The van der Waals surface area contributed by atoms with E-state index < -0.39 is 10.2 Å². The summed E-state index contributed by atoms with van der Waals surface area (Å²) in [5, 5.41) is 0. The van der Waals surface area contributed by atoms with Crippen molar-refractivity contribution in [3.63, 3.8) is 0 Å². The first-order valence-electron chi connectivity index (χ1n) is 5.95. The van der Waals surface area contributed by atoms with Gasteiger partial charge in [0.1, 0.15) is 0 Å². The molecule has 0 radical (unpaired) electrons. The molecule has 0 aromatic rings.